The summed E-state index contributed by atoms with van der Waals surface area (Å²) in [6, 6.07) is 8.04. The van der Waals surface area contributed by atoms with Crippen LogP contribution in [-0.4, -0.2) is 57.8 Å². The van der Waals surface area contributed by atoms with Crippen LogP contribution in [0.25, 0.3) is 0 Å². The smallest absolute Gasteiger partial charge is 0.423 e. The van der Waals surface area contributed by atoms with Crippen molar-refractivity contribution >= 4 is 22.2 Å². The molecule has 3 aromatic heterocycles. The molecule has 0 aliphatic carbocycles. The lowest BCUT2D eigenvalue weighted by molar-refractivity contribution is -0.138. The van der Waals surface area contributed by atoms with Crippen molar-refractivity contribution in [2.45, 2.75) is 38.2 Å². The van der Waals surface area contributed by atoms with E-state index in [-0.39, 0.29) is 31.6 Å². The Balaban J connectivity index is 1.15. The molecule has 1 aromatic carbocycles. The third kappa shape index (κ3) is 6.52. The fourth-order valence-corrected chi connectivity index (χ4v) is 5.00. The van der Waals surface area contributed by atoms with Gasteiger partial charge in [-0.3, -0.25) is 4.79 Å². The molecule has 0 bridgehead atoms. The second kappa shape index (κ2) is 12.2. The Morgan fingerprint density at radius 3 is 2.69 bits per heavy atom. The van der Waals surface area contributed by atoms with E-state index in [1.165, 1.54) is 24.6 Å². The van der Waals surface area contributed by atoms with Crippen molar-refractivity contribution in [3.05, 3.63) is 74.7 Å². The molecule has 1 aliphatic heterocycles. The molecule has 42 heavy (non-hydrogen) atoms. The molecule has 0 amide bonds. The summed E-state index contributed by atoms with van der Waals surface area (Å²) in [4.78, 5) is 23.9. The van der Waals surface area contributed by atoms with Crippen molar-refractivity contribution in [2.75, 3.05) is 37.0 Å². The van der Waals surface area contributed by atoms with Gasteiger partial charge in [0.25, 0.3) is 11.4 Å². The highest BCUT2D eigenvalue weighted by Gasteiger charge is 2.38. The Morgan fingerprint density at radius 1 is 1.26 bits per heavy atom. The lowest BCUT2D eigenvalue weighted by atomic mass is 10.0. The van der Waals surface area contributed by atoms with Gasteiger partial charge in [-0.15, -0.1) is 0 Å². The van der Waals surface area contributed by atoms with Crippen LogP contribution in [0.2, 0.25) is 0 Å². The molecule has 1 unspecified atom stereocenters. The van der Waals surface area contributed by atoms with Crippen LogP contribution in [0.5, 0.6) is 5.75 Å². The highest BCUT2D eigenvalue weighted by molar-refractivity contribution is 7.16. The van der Waals surface area contributed by atoms with Gasteiger partial charge in [-0.05, 0) is 24.6 Å². The Labute approximate surface area is 241 Å². The standard InChI is InChI=1S/C26H25F3N8O4S/c1-15(13-40-14-21-34-23(35-41-21)17-11-36(12-17)25-31-8-19(7-30)42-25)33-20-9-32-37(24(38)22(20)26(27,28)29)10-16-3-5-18(39-2)6-4-16/h3-6,8-9,15,17,33H,10-14H2,1-2H3. The van der Waals surface area contributed by atoms with Crippen LogP contribution in [0.3, 0.4) is 0 Å². The summed E-state index contributed by atoms with van der Waals surface area (Å²) in [7, 11) is 1.50. The van der Waals surface area contributed by atoms with E-state index in [2.05, 4.69) is 31.6 Å². The largest absolute Gasteiger partial charge is 0.497 e. The van der Waals surface area contributed by atoms with Gasteiger partial charge in [-0.2, -0.15) is 28.5 Å². The molecule has 4 aromatic rings. The average molecular weight is 603 g/mol. The third-order valence-electron chi connectivity index (χ3n) is 6.42. The van der Waals surface area contributed by atoms with Gasteiger partial charge in [-0.1, -0.05) is 28.6 Å². The van der Waals surface area contributed by atoms with E-state index in [9.17, 15) is 18.0 Å². The number of aromatic nitrogens is 5. The first-order valence-corrected chi connectivity index (χ1v) is 13.5. The topological polar surface area (TPSA) is 144 Å². The molecule has 12 nitrogen and oxygen atoms in total. The number of anilines is 2. The molecular formula is C26H25F3N8O4S. The highest BCUT2D eigenvalue weighted by atomic mass is 32.1. The molecule has 1 aliphatic rings. The van der Waals surface area contributed by atoms with Crippen molar-refractivity contribution in [3.63, 3.8) is 0 Å². The van der Waals surface area contributed by atoms with Crippen molar-refractivity contribution in [1.29, 1.82) is 5.26 Å². The number of hydrogen-bond acceptors (Lipinski definition) is 12. The maximum atomic E-state index is 13.9. The number of benzene rings is 1. The molecule has 1 atom stereocenters. The Morgan fingerprint density at radius 2 is 2.02 bits per heavy atom. The number of nitrogens with zero attached hydrogens (tertiary/aromatic N) is 7. The zero-order valence-electron chi connectivity index (χ0n) is 22.5. The summed E-state index contributed by atoms with van der Waals surface area (Å²) < 4.78 is 58.4. The minimum atomic E-state index is -4.90. The predicted molar refractivity (Wildman–Crippen MR) is 144 cm³/mol. The van der Waals surface area contributed by atoms with Crippen LogP contribution >= 0.6 is 11.3 Å². The first-order valence-electron chi connectivity index (χ1n) is 12.7. The van der Waals surface area contributed by atoms with Gasteiger partial charge in [-0.25, -0.2) is 9.67 Å². The number of ether oxygens (including phenoxy) is 2. The van der Waals surface area contributed by atoms with Gasteiger partial charge in [0.05, 0.1) is 44.3 Å². The zero-order chi connectivity index (χ0) is 29.9. The number of halogens is 3. The first kappa shape index (κ1) is 29.0. The van der Waals surface area contributed by atoms with Crippen LogP contribution in [0.1, 0.15) is 40.6 Å². The molecule has 4 heterocycles. The average Bonchev–Trinajstić information content (AvgIpc) is 3.59. The number of methoxy groups -OCH3 is 1. The molecule has 0 radical (unpaired) electrons. The summed E-state index contributed by atoms with van der Waals surface area (Å²) in [6.45, 7) is 2.69. The van der Waals surface area contributed by atoms with E-state index in [1.54, 1.807) is 31.2 Å². The predicted octanol–water partition coefficient (Wildman–Crippen LogP) is 3.65. The molecule has 0 spiro atoms. The lowest BCUT2D eigenvalue weighted by Crippen LogP contribution is -2.45. The normalized spacial score (nSPS) is 14.3. The number of hydrogen-bond donors (Lipinski definition) is 1. The zero-order valence-corrected chi connectivity index (χ0v) is 23.3. The van der Waals surface area contributed by atoms with E-state index in [1.807, 2.05) is 4.90 Å². The Bertz CT molecular complexity index is 1620. The van der Waals surface area contributed by atoms with E-state index in [0.717, 1.165) is 16.0 Å². The van der Waals surface area contributed by atoms with Crippen LogP contribution in [0.15, 0.2) is 46.0 Å². The second-order valence-corrected chi connectivity index (χ2v) is 10.6. The van der Waals surface area contributed by atoms with Crippen LogP contribution in [0.4, 0.5) is 24.0 Å². The fourth-order valence-electron chi connectivity index (χ4n) is 4.27. The summed E-state index contributed by atoms with van der Waals surface area (Å²) in [6.07, 6.45) is -2.38. The maximum absolute atomic E-state index is 13.9. The quantitative estimate of drug-likeness (QED) is 0.269. The van der Waals surface area contributed by atoms with Crippen molar-refractivity contribution in [3.8, 4) is 11.8 Å². The SMILES string of the molecule is COc1ccc(Cn2ncc(NC(C)COCc3nc(C4CN(c5ncc(C#N)s5)C4)no3)c(C(F)(F)F)c2=O)cc1. The molecule has 16 heteroatoms. The molecule has 220 valence electrons. The first-order chi connectivity index (χ1) is 20.1. The maximum Gasteiger partial charge on any atom is 0.423 e. The van der Waals surface area contributed by atoms with E-state index >= 15 is 0 Å². The Kier molecular flexibility index (Phi) is 8.41. The number of thiazole rings is 1. The molecule has 5 rings (SSSR count). The van der Waals surface area contributed by atoms with Gasteiger partial charge < -0.3 is 24.2 Å². The minimum Gasteiger partial charge on any atom is -0.497 e. The number of nitriles is 1. The summed E-state index contributed by atoms with van der Waals surface area (Å²) in [5.41, 5.74) is -2.44. The van der Waals surface area contributed by atoms with Gasteiger partial charge in [0.2, 0.25) is 0 Å². The third-order valence-corrected chi connectivity index (χ3v) is 7.38. The van der Waals surface area contributed by atoms with E-state index in [4.69, 9.17) is 19.3 Å². The number of nitrogens with one attached hydrogen (secondary N) is 1. The molecule has 1 saturated heterocycles. The van der Waals surface area contributed by atoms with Gasteiger partial charge >= 0.3 is 6.18 Å². The van der Waals surface area contributed by atoms with Crippen molar-refractivity contribution in [2.24, 2.45) is 0 Å². The Hall–Kier alpha value is -4.49. The van der Waals surface area contributed by atoms with Gasteiger partial charge in [0.15, 0.2) is 11.0 Å². The molecule has 0 saturated carbocycles. The summed E-state index contributed by atoms with van der Waals surface area (Å²) >= 11 is 1.31. The van der Waals surface area contributed by atoms with Crippen molar-refractivity contribution < 1.29 is 27.2 Å². The van der Waals surface area contributed by atoms with Crippen molar-refractivity contribution in [1.82, 2.24) is 24.9 Å². The molecule has 1 fully saturated rings. The van der Waals surface area contributed by atoms with Crippen LogP contribution < -0.4 is 20.5 Å². The van der Waals surface area contributed by atoms with Gasteiger partial charge in [0.1, 0.15) is 28.9 Å². The molecule has 1 N–H and O–H groups in total. The minimum absolute atomic E-state index is 0.00752. The fraction of sp³-hybridized carbons (Fsp3) is 0.385. The number of rotatable bonds is 11. The van der Waals surface area contributed by atoms with Crippen LogP contribution in [-0.2, 0) is 24.1 Å². The van der Waals surface area contributed by atoms with Gasteiger partial charge in [0, 0.05) is 19.1 Å². The van der Waals surface area contributed by atoms with Crippen LogP contribution in [0, 0.1) is 11.3 Å². The highest BCUT2D eigenvalue weighted by Crippen LogP contribution is 2.33. The van der Waals surface area contributed by atoms with E-state index < -0.39 is 29.0 Å². The summed E-state index contributed by atoms with van der Waals surface area (Å²) in [5.74, 6) is 1.37. The molecular weight excluding hydrogens is 577 g/mol. The van der Waals surface area contributed by atoms with E-state index in [0.29, 0.717) is 35.1 Å². The lowest BCUT2D eigenvalue weighted by Gasteiger charge is -2.37. The monoisotopic (exact) mass is 602 g/mol. The number of alkyl halides is 3. The second-order valence-electron chi connectivity index (χ2n) is 9.57. The summed E-state index contributed by atoms with van der Waals surface area (Å²) in [5, 5.41) is 20.3.